The number of hydrogen-bond donors (Lipinski definition) is 1. The third kappa shape index (κ3) is 31.7. The number of ether oxygens (including phenoxy) is 2. The molecule has 0 saturated heterocycles. The number of quaternary nitrogens is 5. The zero-order chi connectivity index (χ0) is 35.8. The molecule has 0 aliphatic heterocycles. The van der Waals surface area contributed by atoms with Gasteiger partial charge in [0.2, 0.25) is 0 Å². The third-order valence-corrected chi connectivity index (χ3v) is 9.38. The minimum atomic E-state index is -0.305. The monoisotopic (exact) mass is 675 g/mol. The van der Waals surface area contributed by atoms with E-state index < -0.39 is 0 Å². The second-order valence-electron chi connectivity index (χ2n) is 17.7. The average molecular weight is 675 g/mol. The Morgan fingerprint density at radius 3 is 1.23 bits per heavy atom. The molecule has 0 rings (SSSR count). The fourth-order valence-corrected chi connectivity index (χ4v) is 6.00. The topological polar surface area (TPSA) is 57.0 Å². The SMILES string of the molecule is C[NH+](C)CCCCCCC[N+](C)(CCCCCC[N+](C)(C)C)CCOC(=O)CCC(=O)OCC[N+](C)(C)CCCCCC[N+](C)(C)C. The lowest BCUT2D eigenvalue weighted by atomic mass is 10.1. The van der Waals surface area contributed by atoms with Crippen molar-refractivity contribution in [3.63, 3.8) is 0 Å². The van der Waals surface area contributed by atoms with Crippen molar-refractivity contribution in [1.82, 2.24) is 0 Å². The van der Waals surface area contributed by atoms with Crippen LogP contribution in [0.25, 0.3) is 0 Å². The normalized spacial score (nSPS) is 14.0. The van der Waals surface area contributed by atoms with E-state index in [-0.39, 0.29) is 24.8 Å². The molecule has 0 aliphatic carbocycles. The van der Waals surface area contributed by atoms with Gasteiger partial charge >= 0.3 is 11.9 Å². The van der Waals surface area contributed by atoms with E-state index in [4.69, 9.17) is 9.47 Å². The minimum absolute atomic E-state index is 0.0905. The van der Waals surface area contributed by atoms with E-state index in [0.717, 1.165) is 50.7 Å². The predicted octanol–water partition coefficient (Wildman–Crippen LogP) is 4.00. The Labute approximate surface area is 292 Å². The summed E-state index contributed by atoms with van der Waals surface area (Å²) in [6, 6.07) is 0. The van der Waals surface area contributed by atoms with E-state index in [0.29, 0.717) is 13.2 Å². The Balaban J connectivity index is 4.39. The molecule has 0 amide bonds. The summed E-state index contributed by atoms with van der Waals surface area (Å²) in [4.78, 5) is 26.4. The first-order chi connectivity index (χ1) is 21.8. The molecule has 0 saturated carbocycles. The van der Waals surface area contributed by atoms with Gasteiger partial charge in [0.25, 0.3) is 0 Å². The largest absolute Gasteiger partial charge is 0.460 e. The number of unbranched alkanes of at least 4 members (excludes halogenated alkanes) is 10. The zero-order valence-corrected chi connectivity index (χ0v) is 33.6. The van der Waals surface area contributed by atoms with Crippen molar-refractivity contribution in [2.75, 3.05) is 143 Å². The maximum atomic E-state index is 12.5. The van der Waals surface area contributed by atoms with E-state index in [1.54, 1.807) is 0 Å². The molecule has 0 aliphatic rings. The molecule has 0 bridgehead atoms. The molecule has 0 aromatic heterocycles. The van der Waals surface area contributed by atoms with Crippen LogP contribution in [0.3, 0.4) is 0 Å². The number of nitrogens with zero attached hydrogens (tertiary/aromatic N) is 4. The van der Waals surface area contributed by atoms with Crippen LogP contribution in [0.1, 0.15) is 96.3 Å². The molecule has 9 nitrogen and oxygen atoms in total. The first-order valence-electron chi connectivity index (χ1n) is 19.2. The summed E-state index contributed by atoms with van der Waals surface area (Å²) in [6.07, 6.45) is 16.6. The molecule has 280 valence electrons. The van der Waals surface area contributed by atoms with Gasteiger partial charge in [0.05, 0.1) is 130 Å². The van der Waals surface area contributed by atoms with Crippen LogP contribution < -0.4 is 4.90 Å². The fraction of sp³-hybridized carbons (Fsp3) is 0.947. The second-order valence-corrected chi connectivity index (χ2v) is 17.7. The summed E-state index contributed by atoms with van der Waals surface area (Å²) in [5.41, 5.74) is 0. The van der Waals surface area contributed by atoms with E-state index in [1.807, 2.05) is 0 Å². The Hall–Kier alpha value is -1.26. The number of likely N-dealkylation sites (N-methyl/N-ethyl adjacent to an activating group) is 2. The van der Waals surface area contributed by atoms with Gasteiger partial charge in [-0.25, -0.2) is 0 Å². The van der Waals surface area contributed by atoms with Crippen LogP contribution in [0.15, 0.2) is 0 Å². The van der Waals surface area contributed by atoms with E-state index in [2.05, 4.69) is 77.5 Å². The van der Waals surface area contributed by atoms with Gasteiger partial charge in [0.15, 0.2) is 0 Å². The predicted molar refractivity (Wildman–Crippen MR) is 197 cm³/mol. The second kappa shape index (κ2) is 24.8. The van der Waals surface area contributed by atoms with Gasteiger partial charge in [-0.2, -0.15) is 0 Å². The van der Waals surface area contributed by atoms with Crippen molar-refractivity contribution in [2.24, 2.45) is 0 Å². The van der Waals surface area contributed by atoms with Gasteiger partial charge < -0.3 is 32.3 Å². The van der Waals surface area contributed by atoms with Crippen molar-refractivity contribution < 1.29 is 41.9 Å². The summed E-state index contributed by atoms with van der Waals surface area (Å²) < 4.78 is 15.0. The summed E-state index contributed by atoms with van der Waals surface area (Å²) in [7, 11) is 24.7. The Kier molecular flexibility index (Phi) is 24.1. The van der Waals surface area contributed by atoms with Gasteiger partial charge in [-0.15, -0.1) is 0 Å². The lowest BCUT2D eigenvalue weighted by molar-refractivity contribution is -0.910. The van der Waals surface area contributed by atoms with Crippen LogP contribution in [0, 0.1) is 0 Å². The lowest BCUT2D eigenvalue weighted by Gasteiger charge is -2.34. The molecule has 47 heavy (non-hydrogen) atoms. The first-order valence-corrected chi connectivity index (χ1v) is 19.2. The molecule has 0 fully saturated rings. The molecule has 0 radical (unpaired) electrons. The Morgan fingerprint density at radius 2 is 0.809 bits per heavy atom. The molecule has 1 unspecified atom stereocenters. The van der Waals surface area contributed by atoms with Gasteiger partial charge in [0, 0.05) is 0 Å². The highest BCUT2D eigenvalue weighted by Crippen LogP contribution is 2.14. The van der Waals surface area contributed by atoms with Crippen molar-refractivity contribution >= 4 is 11.9 Å². The van der Waals surface area contributed by atoms with Gasteiger partial charge in [-0.3, -0.25) is 9.59 Å². The van der Waals surface area contributed by atoms with E-state index >= 15 is 0 Å². The van der Waals surface area contributed by atoms with E-state index in [9.17, 15) is 9.59 Å². The molecule has 1 N–H and O–H groups in total. The number of rotatable bonds is 31. The highest BCUT2D eigenvalue weighted by Gasteiger charge is 2.22. The van der Waals surface area contributed by atoms with Gasteiger partial charge in [-0.1, -0.05) is 6.42 Å². The molecular weight excluding hydrogens is 590 g/mol. The van der Waals surface area contributed by atoms with E-state index in [1.165, 1.54) is 108 Å². The number of esters is 2. The van der Waals surface area contributed by atoms with Crippen molar-refractivity contribution in [3.8, 4) is 0 Å². The highest BCUT2D eigenvalue weighted by atomic mass is 16.5. The standard InChI is InChI=1S/C38H83N5O4/c1-39(2)27-19-13-12-14-23-31-43(11,32-24-18-16-21-29-41(6,7)8)34-36-47-38(45)26-25-37(44)46-35-33-42(9,10)30-22-17-15-20-28-40(3,4)5/h12-36H2,1-11H3/q+4/p+1. The maximum Gasteiger partial charge on any atom is 0.306 e. The number of hydrogen-bond acceptors (Lipinski definition) is 4. The minimum Gasteiger partial charge on any atom is -0.460 e. The van der Waals surface area contributed by atoms with Crippen molar-refractivity contribution in [3.05, 3.63) is 0 Å². The van der Waals surface area contributed by atoms with Crippen LogP contribution in [0.5, 0.6) is 0 Å². The molecule has 9 heteroatoms. The summed E-state index contributed by atoms with van der Waals surface area (Å²) in [6.45, 7) is 9.47. The highest BCUT2D eigenvalue weighted by molar-refractivity contribution is 5.77. The number of carbonyl (C=O) groups is 2. The summed E-state index contributed by atoms with van der Waals surface area (Å²) in [5, 5.41) is 0. The van der Waals surface area contributed by atoms with Crippen molar-refractivity contribution in [2.45, 2.75) is 96.3 Å². The molecule has 0 aromatic rings. The molecular formula is C38H84N5O4+5. The smallest absolute Gasteiger partial charge is 0.306 e. The Bertz CT molecular complexity index is 807. The summed E-state index contributed by atoms with van der Waals surface area (Å²) >= 11 is 0. The van der Waals surface area contributed by atoms with Crippen LogP contribution in [0.2, 0.25) is 0 Å². The molecule has 1 atom stereocenters. The van der Waals surface area contributed by atoms with Crippen LogP contribution in [-0.4, -0.2) is 173 Å². The van der Waals surface area contributed by atoms with Crippen molar-refractivity contribution in [1.29, 1.82) is 0 Å². The summed E-state index contributed by atoms with van der Waals surface area (Å²) in [5.74, 6) is -0.599. The first kappa shape index (κ1) is 45.7. The lowest BCUT2D eigenvalue weighted by Crippen LogP contribution is -3.05. The zero-order valence-electron chi connectivity index (χ0n) is 33.6. The average Bonchev–Trinajstić information content (AvgIpc) is 2.94. The molecule has 0 spiro atoms. The molecule has 0 heterocycles. The van der Waals surface area contributed by atoms with Gasteiger partial charge in [-0.05, 0) is 77.0 Å². The number of carbonyl (C=O) groups excluding carboxylic acids is 2. The third-order valence-electron chi connectivity index (χ3n) is 9.38. The maximum absolute atomic E-state index is 12.5. The molecule has 0 aromatic carbocycles. The quantitative estimate of drug-likeness (QED) is 0.0687. The fourth-order valence-electron chi connectivity index (χ4n) is 6.00. The van der Waals surface area contributed by atoms with Crippen LogP contribution >= 0.6 is 0 Å². The number of nitrogens with one attached hydrogen (secondary N) is 1. The van der Waals surface area contributed by atoms with Gasteiger partial charge in [0.1, 0.15) is 26.3 Å². The van der Waals surface area contributed by atoms with Crippen LogP contribution in [0.4, 0.5) is 0 Å². The Morgan fingerprint density at radius 1 is 0.447 bits per heavy atom. The van der Waals surface area contributed by atoms with Crippen LogP contribution in [-0.2, 0) is 19.1 Å².